The van der Waals surface area contributed by atoms with Crippen molar-refractivity contribution in [3.63, 3.8) is 0 Å². The first-order chi connectivity index (χ1) is 23.3. The van der Waals surface area contributed by atoms with Crippen LogP contribution in [0.4, 0.5) is 0 Å². The molecule has 51 heavy (non-hydrogen) atoms. The maximum absolute atomic E-state index is 14.3. The van der Waals surface area contributed by atoms with E-state index in [1.165, 1.54) is 0 Å². The lowest BCUT2D eigenvalue weighted by atomic mass is 9.81. The van der Waals surface area contributed by atoms with Crippen molar-refractivity contribution in [2.75, 3.05) is 0 Å². The van der Waals surface area contributed by atoms with E-state index >= 15 is 0 Å². The Morgan fingerprint density at radius 1 is 0.490 bits per heavy atom. The van der Waals surface area contributed by atoms with E-state index in [-0.39, 0.29) is 68.6 Å². The number of carbonyl (C=O) groups excluding carboxylic acids is 3. The van der Waals surface area contributed by atoms with Gasteiger partial charge in [0.05, 0.1) is 16.7 Å². The Kier molecular flexibility index (Phi) is 10.4. The minimum atomic E-state index is -0.568. The van der Waals surface area contributed by atoms with Gasteiger partial charge in [-0.1, -0.05) is 24.3 Å². The Balaban J connectivity index is 1.45. The molecule has 0 atom stereocenters. The quantitative estimate of drug-likeness (QED) is 0.197. The molecule has 0 saturated carbocycles. The zero-order valence-corrected chi connectivity index (χ0v) is 33.0. The summed E-state index contributed by atoms with van der Waals surface area (Å²) in [6.07, 6.45) is 3.08. The van der Waals surface area contributed by atoms with Crippen LogP contribution in [0, 0.1) is 0 Å². The number of piperidine rings is 3. The lowest BCUT2D eigenvalue weighted by Crippen LogP contribution is -2.59. The van der Waals surface area contributed by atoms with Crippen molar-refractivity contribution in [1.29, 1.82) is 0 Å². The maximum atomic E-state index is 14.3. The molecule has 0 aromatic heterocycles. The molecule has 3 saturated heterocycles. The van der Waals surface area contributed by atoms with E-state index in [4.69, 9.17) is 14.2 Å². The van der Waals surface area contributed by atoms with Gasteiger partial charge in [-0.2, -0.15) is 0 Å². The van der Waals surface area contributed by atoms with E-state index in [9.17, 15) is 14.4 Å². The number of hydrogen-bond acceptors (Lipinski definition) is 9. The fourth-order valence-electron chi connectivity index (χ4n) is 9.55. The van der Waals surface area contributed by atoms with E-state index in [0.29, 0.717) is 55.2 Å². The van der Waals surface area contributed by atoms with E-state index in [1.54, 1.807) is 36.4 Å². The third-order valence-corrected chi connectivity index (χ3v) is 10.2. The average Bonchev–Trinajstić information content (AvgIpc) is 2.91. The maximum Gasteiger partial charge on any atom is 0.339 e. The molecular formula is C42H61N3O6. The summed E-state index contributed by atoms with van der Waals surface area (Å²) in [6.45, 7) is 25.3. The predicted octanol–water partition coefficient (Wildman–Crippen LogP) is 7.75. The molecule has 9 heteroatoms. The highest BCUT2D eigenvalue weighted by atomic mass is 16.6. The number of benzene rings is 2. The number of hydrogen-bond donors (Lipinski definition) is 3. The first-order valence-corrected chi connectivity index (χ1v) is 18.6. The van der Waals surface area contributed by atoms with Crippen molar-refractivity contribution in [3.05, 3.63) is 59.2 Å². The molecule has 0 aliphatic carbocycles. The van der Waals surface area contributed by atoms with Crippen molar-refractivity contribution in [2.24, 2.45) is 0 Å². The van der Waals surface area contributed by atoms with Crippen LogP contribution >= 0.6 is 0 Å². The fraction of sp³-hybridized carbons (Fsp3) is 0.643. The Labute approximate surface area is 305 Å². The van der Waals surface area contributed by atoms with Crippen molar-refractivity contribution in [1.82, 2.24) is 16.0 Å². The van der Waals surface area contributed by atoms with E-state index < -0.39 is 11.9 Å². The van der Waals surface area contributed by atoms with Crippen LogP contribution in [0.15, 0.2) is 42.5 Å². The summed E-state index contributed by atoms with van der Waals surface area (Å²) in [4.78, 5) is 41.7. The molecule has 9 nitrogen and oxygen atoms in total. The summed E-state index contributed by atoms with van der Waals surface area (Å²) >= 11 is 0. The second kappa shape index (κ2) is 13.6. The molecule has 3 N–H and O–H groups in total. The van der Waals surface area contributed by atoms with Crippen molar-refractivity contribution < 1.29 is 28.6 Å². The largest absolute Gasteiger partial charge is 0.459 e. The van der Waals surface area contributed by atoms with Gasteiger partial charge in [0, 0.05) is 71.8 Å². The van der Waals surface area contributed by atoms with Gasteiger partial charge in [-0.05, 0) is 112 Å². The van der Waals surface area contributed by atoms with Crippen molar-refractivity contribution >= 4 is 17.9 Å². The molecule has 0 radical (unpaired) electrons. The van der Waals surface area contributed by atoms with Gasteiger partial charge in [0.2, 0.25) is 0 Å². The molecule has 280 valence electrons. The fourth-order valence-corrected chi connectivity index (χ4v) is 9.55. The second-order valence-electron chi connectivity index (χ2n) is 19.3. The monoisotopic (exact) mass is 703 g/mol. The summed E-state index contributed by atoms with van der Waals surface area (Å²) < 4.78 is 18.4. The summed E-state index contributed by atoms with van der Waals surface area (Å²) in [5.74, 6) is -1.51. The number of nitrogens with one attached hydrogen (secondary N) is 3. The summed E-state index contributed by atoms with van der Waals surface area (Å²) in [5, 5.41) is 10.9. The van der Waals surface area contributed by atoms with Gasteiger partial charge in [-0.3, -0.25) is 0 Å². The van der Waals surface area contributed by atoms with Crippen LogP contribution in [-0.2, 0) is 14.2 Å². The van der Waals surface area contributed by atoms with E-state index in [1.807, 2.05) is 6.07 Å². The molecule has 3 aliphatic rings. The third-order valence-electron chi connectivity index (χ3n) is 10.2. The Morgan fingerprint density at radius 2 is 0.843 bits per heavy atom. The normalized spacial score (nSPS) is 23.9. The number of esters is 3. The summed E-state index contributed by atoms with van der Waals surface area (Å²) in [6, 6.07) is 12.2. The van der Waals surface area contributed by atoms with Gasteiger partial charge in [-0.15, -0.1) is 0 Å². The molecule has 0 spiro atoms. The van der Waals surface area contributed by atoms with Gasteiger partial charge < -0.3 is 30.2 Å². The van der Waals surface area contributed by atoms with Crippen molar-refractivity contribution in [2.45, 2.75) is 173 Å². The van der Waals surface area contributed by atoms with Gasteiger partial charge in [0.15, 0.2) is 0 Å². The molecule has 0 amide bonds. The minimum absolute atomic E-state index is 0.159. The van der Waals surface area contributed by atoms with E-state index in [0.717, 1.165) is 0 Å². The molecule has 0 unspecified atom stereocenters. The number of carbonyl (C=O) groups is 3. The van der Waals surface area contributed by atoms with Crippen LogP contribution in [-0.4, -0.2) is 69.5 Å². The average molecular weight is 704 g/mol. The van der Waals surface area contributed by atoms with Gasteiger partial charge in [0.25, 0.3) is 0 Å². The third kappa shape index (κ3) is 9.99. The lowest BCUT2D eigenvalue weighted by Gasteiger charge is -2.46. The van der Waals surface area contributed by atoms with Gasteiger partial charge >= 0.3 is 17.9 Å². The Bertz CT molecular complexity index is 1590. The van der Waals surface area contributed by atoms with Crippen LogP contribution in [0.2, 0.25) is 0 Å². The molecule has 3 heterocycles. The first-order valence-electron chi connectivity index (χ1n) is 18.6. The molecule has 2 aromatic carbocycles. The number of ether oxygens (including phenoxy) is 3. The first kappa shape index (κ1) is 38.9. The standard InChI is InChI=1S/C42H61N3O6/c1-37(2)20-28(21-38(3,4)43-37)49-34(46)27-18-16-26(17-19-27)31-14-13-15-32(35(47)50-29-22-39(5,6)44-40(7,8)23-29)33(31)36(48)51-30-24-41(9,10)45-42(11,12)25-30/h13-19,28-30,43-45H,20-25H2,1-12H3. The zero-order chi connectivity index (χ0) is 37.8. The second-order valence-corrected chi connectivity index (χ2v) is 19.3. The smallest absolute Gasteiger partial charge is 0.339 e. The molecule has 2 aromatic rings. The topological polar surface area (TPSA) is 115 Å². The highest BCUT2D eigenvalue weighted by Crippen LogP contribution is 2.36. The predicted molar refractivity (Wildman–Crippen MR) is 201 cm³/mol. The lowest BCUT2D eigenvalue weighted by molar-refractivity contribution is -0.0106. The SMILES string of the molecule is CC1(C)CC(OC(=O)c2ccc(-c3cccc(C(=O)OC4CC(C)(C)NC(C)(C)C4)c3C(=O)OC3CC(C)(C)NC(C)(C)C3)cc2)CC(C)(C)N1. The molecule has 3 aliphatic heterocycles. The highest BCUT2D eigenvalue weighted by Gasteiger charge is 2.42. The van der Waals surface area contributed by atoms with Crippen LogP contribution in [0.3, 0.4) is 0 Å². The summed E-state index contributed by atoms with van der Waals surface area (Å²) in [5.41, 5.74) is 0.699. The van der Waals surface area contributed by atoms with Gasteiger partial charge in [-0.25, -0.2) is 14.4 Å². The zero-order valence-electron chi connectivity index (χ0n) is 33.0. The molecular weight excluding hydrogens is 642 g/mol. The Hall–Kier alpha value is -3.27. The van der Waals surface area contributed by atoms with Crippen LogP contribution in [0.1, 0.15) is 153 Å². The van der Waals surface area contributed by atoms with Gasteiger partial charge in [0.1, 0.15) is 18.3 Å². The minimum Gasteiger partial charge on any atom is -0.459 e. The van der Waals surface area contributed by atoms with E-state index in [2.05, 4.69) is 99.0 Å². The van der Waals surface area contributed by atoms with Crippen LogP contribution in [0.5, 0.6) is 0 Å². The number of rotatable bonds is 7. The van der Waals surface area contributed by atoms with Crippen molar-refractivity contribution in [3.8, 4) is 11.1 Å². The Morgan fingerprint density at radius 3 is 1.24 bits per heavy atom. The van der Waals surface area contributed by atoms with Crippen LogP contribution in [0.25, 0.3) is 11.1 Å². The molecule has 3 fully saturated rings. The summed E-state index contributed by atoms with van der Waals surface area (Å²) in [7, 11) is 0. The molecule has 5 rings (SSSR count). The highest BCUT2D eigenvalue weighted by molar-refractivity contribution is 6.08. The molecule has 0 bridgehead atoms. The van der Waals surface area contributed by atoms with Crippen LogP contribution < -0.4 is 16.0 Å².